The molecular formula is C40H30O8. The van der Waals surface area contributed by atoms with Gasteiger partial charge in [0.25, 0.3) is 0 Å². The summed E-state index contributed by atoms with van der Waals surface area (Å²) in [5.74, 6) is 4.13. The van der Waals surface area contributed by atoms with Gasteiger partial charge in [0, 0.05) is 28.9 Å². The standard InChI is InChI=1S/C40H30O8/c1-7-37(41)47-35-23-31(30-14-12-28(13-15-30)29-16-20-33(21-17-29)46-40(44)26(5)6)24-36(48-38(42)8-2)34(35)22-11-27-9-18-32(19-10-27)45-39(43)25(3)4/h7-10,12-21,23-24H,1-3,5H2,4,6H3. The maximum absolute atomic E-state index is 12.3. The molecule has 0 saturated heterocycles. The monoisotopic (exact) mass is 638 g/mol. The Bertz CT molecular complexity index is 1960. The highest BCUT2D eigenvalue weighted by molar-refractivity contribution is 5.90. The molecule has 8 heteroatoms. The van der Waals surface area contributed by atoms with Crippen molar-refractivity contribution in [2.75, 3.05) is 0 Å². The van der Waals surface area contributed by atoms with Crippen molar-refractivity contribution in [1.29, 1.82) is 0 Å². The highest BCUT2D eigenvalue weighted by atomic mass is 16.6. The van der Waals surface area contributed by atoms with E-state index >= 15 is 0 Å². The Morgan fingerprint density at radius 2 is 0.917 bits per heavy atom. The molecule has 0 heterocycles. The number of benzene rings is 4. The lowest BCUT2D eigenvalue weighted by Crippen LogP contribution is -2.09. The minimum atomic E-state index is -0.743. The van der Waals surface area contributed by atoms with Gasteiger partial charge in [-0.05, 0) is 84.6 Å². The van der Waals surface area contributed by atoms with Crippen LogP contribution in [0, 0.1) is 11.8 Å². The van der Waals surface area contributed by atoms with Crippen LogP contribution >= 0.6 is 0 Å². The van der Waals surface area contributed by atoms with E-state index in [1.807, 2.05) is 36.4 Å². The average Bonchev–Trinajstić information content (AvgIpc) is 3.08. The van der Waals surface area contributed by atoms with Gasteiger partial charge in [-0.15, -0.1) is 0 Å². The normalized spacial score (nSPS) is 9.96. The predicted molar refractivity (Wildman–Crippen MR) is 182 cm³/mol. The summed E-state index contributed by atoms with van der Waals surface area (Å²) in [5.41, 5.74) is 4.28. The van der Waals surface area contributed by atoms with Crippen LogP contribution in [0.15, 0.2) is 135 Å². The van der Waals surface area contributed by atoms with E-state index in [4.69, 9.17) is 18.9 Å². The second kappa shape index (κ2) is 15.5. The van der Waals surface area contributed by atoms with Gasteiger partial charge in [0.1, 0.15) is 17.1 Å². The Morgan fingerprint density at radius 3 is 1.31 bits per heavy atom. The maximum atomic E-state index is 12.3. The largest absolute Gasteiger partial charge is 0.423 e. The summed E-state index contributed by atoms with van der Waals surface area (Å²) in [6.45, 7) is 17.2. The number of ether oxygens (including phenoxy) is 4. The fraction of sp³-hybridized carbons (Fsp3) is 0.0500. The van der Waals surface area contributed by atoms with Crippen LogP contribution in [0.2, 0.25) is 0 Å². The van der Waals surface area contributed by atoms with Gasteiger partial charge in [0.05, 0.1) is 0 Å². The second-order valence-corrected chi connectivity index (χ2v) is 10.3. The van der Waals surface area contributed by atoms with Crippen molar-refractivity contribution in [3.63, 3.8) is 0 Å². The number of rotatable bonds is 10. The topological polar surface area (TPSA) is 105 Å². The molecule has 0 N–H and O–H groups in total. The molecule has 0 atom stereocenters. The molecule has 4 rings (SSSR count). The first-order valence-corrected chi connectivity index (χ1v) is 14.4. The molecule has 0 aliphatic rings. The van der Waals surface area contributed by atoms with Crippen LogP contribution in [0.1, 0.15) is 25.0 Å². The van der Waals surface area contributed by atoms with Crippen LogP contribution in [-0.4, -0.2) is 23.9 Å². The molecule has 0 fully saturated rings. The quantitative estimate of drug-likeness (QED) is 0.0758. The van der Waals surface area contributed by atoms with E-state index < -0.39 is 23.9 Å². The Kier molecular flexibility index (Phi) is 11.0. The molecule has 0 unspecified atom stereocenters. The first kappa shape index (κ1) is 34.2. The summed E-state index contributed by atoms with van der Waals surface area (Å²) in [4.78, 5) is 48.3. The third-order valence-corrected chi connectivity index (χ3v) is 6.53. The smallest absolute Gasteiger partial charge is 0.338 e. The molecule has 0 aromatic heterocycles. The Balaban J connectivity index is 1.70. The molecule has 0 radical (unpaired) electrons. The average molecular weight is 639 g/mol. The Hall–Kier alpha value is -6.72. The Labute approximate surface area is 278 Å². The van der Waals surface area contributed by atoms with E-state index in [1.54, 1.807) is 62.4 Å². The number of esters is 4. The first-order valence-electron chi connectivity index (χ1n) is 14.4. The molecule has 0 aliphatic carbocycles. The lowest BCUT2D eigenvalue weighted by Gasteiger charge is -2.13. The van der Waals surface area contributed by atoms with Gasteiger partial charge in [-0.3, -0.25) is 0 Å². The molecule has 8 nitrogen and oxygen atoms in total. The van der Waals surface area contributed by atoms with Crippen molar-refractivity contribution < 1.29 is 38.1 Å². The van der Waals surface area contributed by atoms with Gasteiger partial charge in [-0.2, -0.15) is 0 Å². The van der Waals surface area contributed by atoms with Gasteiger partial charge in [-0.1, -0.05) is 74.6 Å². The predicted octanol–water partition coefficient (Wildman–Crippen LogP) is 7.57. The van der Waals surface area contributed by atoms with Gasteiger partial charge in [0.15, 0.2) is 11.5 Å². The van der Waals surface area contributed by atoms with Gasteiger partial charge in [0.2, 0.25) is 0 Å². The first-order chi connectivity index (χ1) is 23.0. The lowest BCUT2D eigenvalue weighted by molar-refractivity contribution is -0.130. The summed E-state index contributed by atoms with van der Waals surface area (Å²) in [5, 5.41) is 0. The molecule has 48 heavy (non-hydrogen) atoms. The summed E-state index contributed by atoms with van der Waals surface area (Å²) in [6.07, 6.45) is 2.01. The van der Waals surface area contributed by atoms with Crippen molar-refractivity contribution >= 4 is 23.9 Å². The molecule has 4 aromatic carbocycles. The van der Waals surface area contributed by atoms with Crippen LogP contribution < -0.4 is 18.9 Å². The zero-order valence-corrected chi connectivity index (χ0v) is 26.3. The SMILES string of the molecule is C=CC(=O)Oc1cc(-c2ccc(-c3ccc(OC(=O)C(=C)C)cc3)cc2)cc(OC(=O)C=C)c1C#Cc1ccc(OC(=O)C(=C)C)cc1. The van der Waals surface area contributed by atoms with Crippen LogP contribution in [0.25, 0.3) is 22.3 Å². The molecule has 0 bridgehead atoms. The fourth-order valence-electron chi connectivity index (χ4n) is 4.04. The van der Waals surface area contributed by atoms with Crippen molar-refractivity contribution in [3.8, 4) is 57.1 Å². The zero-order valence-electron chi connectivity index (χ0n) is 26.3. The molecular weight excluding hydrogens is 608 g/mol. The molecule has 0 saturated carbocycles. The maximum Gasteiger partial charge on any atom is 0.338 e. The summed E-state index contributed by atoms with van der Waals surface area (Å²) in [7, 11) is 0. The second-order valence-electron chi connectivity index (χ2n) is 10.3. The minimum Gasteiger partial charge on any atom is -0.423 e. The van der Waals surface area contributed by atoms with Crippen molar-refractivity contribution in [2.24, 2.45) is 0 Å². The van der Waals surface area contributed by atoms with Crippen LogP contribution in [0.5, 0.6) is 23.0 Å². The molecule has 0 amide bonds. The highest BCUT2D eigenvalue weighted by Crippen LogP contribution is 2.36. The van der Waals surface area contributed by atoms with E-state index in [2.05, 4.69) is 38.2 Å². The summed E-state index contributed by atoms with van der Waals surface area (Å²) >= 11 is 0. The minimum absolute atomic E-state index is 0.0349. The van der Waals surface area contributed by atoms with E-state index in [0.29, 0.717) is 28.2 Å². The van der Waals surface area contributed by atoms with E-state index in [-0.39, 0.29) is 22.6 Å². The van der Waals surface area contributed by atoms with E-state index in [1.165, 1.54) is 0 Å². The Morgan fingerprint density at radius 1 is 0.542 bits per heavy atom. The van der Waals surface area contributed by atoms with E-state index in [9.17, 15) is 19.2 Å². The highest BCUT2D eigenvalue weighted by Gasteiger charge is 2.18. The summed E-state index contributed by atoms with van der Waals surface area (Å²) < 4.78 is 21.6. The number of hydrogen-bond donors (Lipinski definition) is 0. The lowest BCUT2D eigenvalue weighted by atomic mass is 9.98. The number of carbonyl (C=O) groups is 4. The van der Waals surface area contributed by atoms with Gasteiger partial charge < -0.3 is 18.9 Å². The molecule has 0 aliphatic heterocycles. The van der Waals surface area contributed by atoms with Crippen LogP contribution in [0.3, 0.4) is 0 Å². The third kappa shape index (κ3) is 8.93. The van der Waals surface area contributed by atoms with Gasteiger partial charge in [-0.25, -0.2) is 19.2 Å². The number of carbonyl (C=O) groups excluding carboxylic acids is 4. The number of hydrogen-bond acceptors (Lipinski definition) is 8. The summed E-state index contributed by atoms with van der Waals surface area (Å²) in [6, 6.07) is 24.1. The van der Waals surface area contributed by atoms with Crippen molar-refractivity contribution in [2.45, 2.75) is 13.8 Å². The fourth-order valence-corrected chi connectivity index (χ4v) is 4.04. The molecule has 238 valence electrons. The zero-order chi connectivity index (χ0) is 34.8. The van der Waals surface area contributed by atoms with Crippen LogP contribution in [-0.2, 0) is 19.2 Å². The third-order valence-electron chi connectivity index (χ3n) is 6.53. The van der Waals surface area contributed by atoms with Gasteiger partial charge >= 0.3 is 23.9 Å². The molecule has 0 spiro atoms. The van der Waals surface area contributed by atoms with E-state index in [0.717, 1.165) is 28.8 Å². The van der Waals surface area contributed by atoms with Crippen LogP contribution in [0.4, 0.5) is 0 Å². The molecule has 4 aromatic rings. The van der Waals surface area contributed by atoms with Crippen molar-refractivity contribution in [1.82, 2.24) is 0 Å². The van der Waals surface area contributed by atoms with Crippen molar-refractivity contribution in [3.05, 3.63) is 146 Å².